The normalized spacial score (nSPS) is 53.3. The van der Waals surface area contributed by atoms with Gasteiger partial charge in [0.25, 0.3) is 0 Å². The van der Waals surface area contributed by atoms with Crippen LogP contribution in [0.2, 0.25) is 0 Å². The molecule has 0 bridgehead atoms. The van der Waals surface area contributed by atoms with Gasteiger partial charge in [0.15, 0.2) is 17.2 Å². The average Bonchev–Trinajstić information content (AvgIpc) is 3.22. The highest BCUT2D eigenvalue weighted by molar-refractivity contribution is 5.95. The summed E-state index contributed by atoms with van der Waals surface area (Å²) >= 11 is 0. The average molecular weight is 342 g/mol. The number of fused-ring (bicyclic) bond motifs is 7. The number of rotatable bonds is 1. The predicted octanol–water partition coefficient (Wildman–Crippen LogP) is 3.03. The molecule has 4 aliphatic carbocycles. The first-order valence-corrected chi connectivity index (χ1v) is 9.69. The van der Waals surface area contributed by atoms with Crippen molar-refractivity contribution < 1.29 is 19.1 Å². The van der Waals surface area contributed by atoms with Crippen LogP contribution in [-0.4, -0.2) is 29.1 Å². The Balaban J connectivity index is 1.57. The molecule has 25 heavy (non-hydrogen) atoms. The van der Waals surface area contributed by atoms with E-state index in [-0.39, 0.29) is 34.4 Å². The number of carbonyl (C=O) groups is 3. The molecule has 0 aromatic rings. The number of hydrogen-bond acceptors (Lipinski definition) is 4. The molecule has 1 heterocycles. The lowest BCUT2D eigenvalue weighted by molar-refractivity contribution is -0.154. The second kappa shape index (κ2) is 4.51. The van der Waals surface area contributed by atoms with Crippen LogP contribution < -0.4 is 0 Å². The van der Waals surface area contributed by atoms with Gasteiger partial charge >= 0.3 is 0 Å². The van der Waals surface area contributed by atoms with Gasteiger partial charge < -0.3 is 4.74 Å². The first-order valence-electron chi connectivity index (χ1n) is 9.69. The Morgan fingerprint density at radius 1 is 1.24 bits per heavy atom. The molecule has 0 N–H and O–H groups in total. The van der Waals surface area contributed by atoms with Crippen molar-refractivity contribution in [3.8, 4) is 0 Å². The molecule has 134 valence electrons. The van der Waals surface area contributed by atoms with Gasteiger partial charge in [-0.15, -0.1) is 0 Å². The van der Waals surface area contributed by atoms with Gasteiger partial charge in [-0.25, -0.2) is 0 Å². The number of ether oxygens (including phenoxy) is 1. The maximum absolute atomic E-state index is 13.4. The fourth-order valence-corrected chi connectivity index (χ4v) is 7.44. The highest BCUT2D eigenvalue weighted by Gasteiger charge is 2.80. The lowest BCUT2D eigenvalue weighted by atomic mass is 9.46. The molecule has 1 aliphatic heterocycles. The summed E-state index contributed by atoms with van der Waals surface area (Å²) in [5.74, 6) is 1.33. The Morgan fingerprint density at radius 2 is 2.00 bits per heavy atom. The van der Waals surface area contributed by atoms with Gasteiger partial charge in [0, 0.05) is 24.2 Å². The second-order valence-electron chi connectivity index (χ2n) is 9.53. The van der Waals surface area contributed by atoms with Crippen LogP contribution in [-0.2, 0) is 19.1 Å². The van der Waals surface area contributed by atoms with Crippen LogP contribution in [0, 0.1) is 28.6 Å². The minimum absolute atomic E-state index is 0.0141. The first kappa shape index (κ1) is 15.9. The topological polar surface area (TPSA) is 63.7 Å². The lowest BCUT2D eigenvalue weighted by Gasteiger charge is -2.57. The van der Waals surface area contributed by atoms with E-state index in [0.717, 1.165) is 25.7 Å². The van der Waals surface area contributed by atoms with Crippen molar-refractivity contribution in [1.82, 2.24) is 0 Å². The van der Waals surface area contributed by atoms with Gasteiger partial charge in [0.1, 0.15) is 5.78 Å². The Labute approximate surface area is 148 Å². The zero-order chi connectivity index (χ0) is 17.8. The van der Waals surface area contributed by atoms with Crippen molar-refractivity contribution in [2.24, 2.45) is 28.6 Å². The summed E-state index contributed by atoms with van der Waals surface area (Å²) in [7, 11) is 0. The molecular formula is C21H26O4. The van der Waals surface area contributed by atoms with E-state index < -0.39 is 5.60 Å². The molecule has 5 rings (SSSR count). The fourth-order valence-electron chi connectivity index (χ4n) is 7.44. The van der Waals surface area contributed by atoms with E-state index in [2.05, 4.69) is 13.8 Å². The number of ketones is 3. The van der Waals surface area contributed by atoms with Crippen LogP contribution in [0.1, 0.15) is 59.3 Å². The summed E-state index contributed by atoms with van der Waals surface area (Å²) in [6.07, 6.45) is 6.45. The van der Waals surface area contributed by atoms with Crippen LogP contribution in [0.5, 0.6) is 0 Å². The van der Waals surface area contributed by atoms with Gasteiger partial charge in [-0.2, -0.15) is 0 Å². The van der Waals surface area contributed by atoms with Crippen molar-refractivity contribution in [3.05, 3.63) is 11.6 Å². The number of hydrogen-bond donors (Lipinski definition) is 0. The Morgan fingerprint density at radius 3 is 2.72 bits per heavy atom. The van der Waals surface area contributed by atoms with Gasteiger partial charge in [0.05, 0.1) is 6.10 Å². The van der Waals surface area contributed by atoms with E-state index in [9.17, 15) is 14.4 Å². The van der Waals surface area contributed by atoms with E-state index in [1.807, 2.05) is 6.08 Å². The predicted molar refractivity (Wildman–Crippen MR) is 90.8 cm³/mol. The third-order valence-corrected chi connectivity index (χ3v) is 8.61. The smallest absolute Gasteiger partial charge is 0.164 e. The molecule has 0 amide bonds. The molecule has 3 saturated carbocycles. The molecule has 1 saturated heterocycles. The van der Waals surface area contributed by atoms with Crippen molar-refractivity contribution in [1.29, 1.82) is 0 Å². The van der Waals surface area contributed by atoms with Gasteiger partial charge in [-0.3, -0.25) is 14.4 Å². The monoisotopic (exact) mass is 342 g/mol. The number of Topliss-reactive ketones (excluding diaryl/α,β-unsaturated/α-hetero) is 2. The second-order valence-corrected chi connectivity index (χ2v) is 9.53. The molecule has 0 aromatic carbocycles. The molecule has 7 unspecified atom stereocenters. The van der Waals surface area contributed by atoms with Crippen molar-refractivity contribution in [2.45, 2.75) is 71.0 Å². The number of epoxide rings is 1. The van der Waals surface area contributed by atoms with E-state index in [0.29, 0.717) is 30.5 Å². The zero-order valence-electron chi connectivity index (χ0n) is 15.3. The van der Waals surface area contributed by atoms with E-state index in [4.69, 9.17) is 4.74 Å². The maximum atomic E-state index is 13.4. The van der Waals surface area contributed by atoms with E-state index >= 15 is 0 Å². The quantitative estimate of drug-likeness (QED) is 0.687. The SMILES string of the molecule is CC(=O)C12OC1CC1C3CCC4=CC(=O)CCC4(C)C3C(=O)CC12C. The van der Waals surface area contributed by atoms with Crippen LogP contribution in [0.3, 0.4) is 0 Å². The molecule has 0 aromatic heterocycles. The van der Waals surface area contributed by atoms with Crippen LogP contribution >= 0.6 is 0 Å². The molecule has 4 nitrogen and oxygen atoms in total. The molecule has 4 fully saturated rings. The van der Waals surface area contributed by atoms with Crippen molar-refractivity contribution >= 4 is 17.3 Å². The van der Waals surface area contributed by atoms with E-state index in [1.165, 1.54) is 5.57 Å². The summed E-state index contributed by atoms with van der Waals surface area (Å²) in [5.41, 5.74) is -0.00358. The summed E-state index contributed by atoms with van der Waals surface area (Å²) in [5, 5.41) is 0. The van der Waals surface area contributed by atoms with Crippen LogP contribution in [0.4, 0.5) is 0 Å². The Bertz CT molecular complexity index is 751. The summed E-state index contributed by atoms with van der Waals surface area (Å²) in [4.78, 5) is 37.6. The molecule has 7 atom stereocenters. The highest BCUT2D eigenvalue weighted by atomic mass is 16.6. The zero-order valence-corrected chi connectivity index (χ0v) is 15.3. The molecular weight excluding hydrogens is 316 g/mol. The summed E-state index contributed by atoms with van der Waals surface area (Å²) in [6.45, 7) is 5.95. The molecule has 0 radical (unpaired) electrons. The summed E-state index contributed by atoms with van der Waals surface area (Å²) < 4.78 is 5.89. The third kappa shape index (κ3) is 1.66. The van der Waals surface area contributed by atoms with Crippen molar-refractivity contribution in [3.63, 3.8) is 0 Å². The van der Waals surface area contributed by atoms with Gasteiger partial charge in [-0.1, -0.05) is 19.4 Å². The number of allylic oxidation sites excluding steroid dienone is 1. The summed E-state index contributed by atoms with van der Waals surface area (Å²) in [6, 6.07) is 0. The minimum Gasteiger partial charge on any atom is -0.357 e. The highest BCUT2D eigenvalue weighted by Crippen LogP contribution is 2.72. The first-order chi connectivity index (χ1) is 11.7. The lowest BCUT2D eigenvalue weighted by Crippen LogP contribution is -2.58. The molecule has 0 spiro atoms. The maximum Gasteiger partial charge on any atom is 0.164 e. The van der Waals surface area contributed by atoms with Crippen LogP contribution in [0.25, 0.3) is 0 Å². The molecule has 4 heteroatoms. The minimum atomic E-state index is -0.697. The van der Waals surface area contributed by atoms with Crippen molar-refractivity contribution in [2.75, 3.05) is 0 Å². The van der Waals surface area contributed by atoms with E-state index in [1.54, 1.807) is 6.92 Å². The fraction of sp³-hybridized carbons (Fsp3) is 0.762. The van der Waals surface area contributed by atoms with Gasteiger partial charge in [-0.05, 0) is 55.9 Å². The number of carbonyl (C=O) groups excluding carboxylic acids is 3. The largest absolute Gasteiger partial charge is 0.357 e. The third-order valence-electron chi connectivity index (χ3n) is 8.61. The van der Waals surface area contributed by atoms with Gasteiger partial charge in [0.2, 0.25) is 0 Å². The van der Waals surface area contributed by atoms with Crippen LogP contribution in [0.15, 0.2) is 11.6 Å². The Kier molecular flexibility index (Phi) is 2.87. The Hall–Kier alpha value is -1.29. The molecule has 5 aliphatic rings. The standard InChI is InChI=1S/C21H26O4/c1-11(22)21-17(25-21)9-15-14-5-4-12-8-13(23)6-7-19(12,2)18(14)16(24)10-20(15,21)3/h8,14-15,17-18H,4-7,9-10H2,1-3H3.